The van der Waals surface area contributed by atoms with Crippen molar-refractivity contribution in [2.75, 3.05) is 0 Å². The number of benzene rings is 2. The lowest BCUT2D eigenvalue weighted by Gasteiger charge is -2.59. The van der Waals surface area contributed by atoms with Crippen molar-refractivity contribution in [2.24, 2.45) is 23.2 Å². The molecule has 2 aromatic carbocycles. The maximum absolute atomic E-state index is 6.51. The van der Waals surface area contributed by atoms with E-state index in [1.807, 2.05) is 12.1 Å². The van der Waals surface area contributed by atoms with Gasteiger partial charge in [0.05, 0.1) is 0 Å². The minimum absolute atomic E-state index is 0.540. The van der Waals surface area contributed by atoms with Crippen LogP contribution in [-0.2, 0) is 13.1 Å². The Morgan fingerprint density at radius 2 is 1.59 bits per heavy atom. The fourth-order valence-corrected chi connectivity index (χ4v) is 8.10. The second-order valence-electron chi connectivity index (χ2n) is 11.1. The van der Waals surface area contributed by atoms with E-state index >= 15 is 0 Å². The van der Waals surface area contributed by atoms with Gasteiger partial charge in [0.25, 0.3) is 0 Å². The van der Waals surface area contributed by atoms with E-state index in [0.717, 1.165) is 35.9 Å². The van der Waals surface area contributed by atoms with Crippen molar-refractivity contribution in [1.82, 2.24) is 9.88 Å². The second kappa shape index (κ2) is 7.92. The summed E-state index contributed by atoms with van der Waals surface area (Å²) < 4.78 is 2.45. The average Bonchev–Trinajstić information content (AvgIpc) is 3.03. The Bertz CT molecular complexity index is 1110. The van der Waals surface area contributed by atoms with E-state index in [1.54, 1.807) is 0 Å². The third kappa shape index (κ3) is 3.42. The van der Waals surface area contributed by atoms with Crippen LogP contribution in [0, 0.1) is 30.1 Å². The Balaban J connectivity index is 1.27. The highest BCUT2D eigenvalue weighted by molar-refractivity contribution is 6.31. The van der Waals surface area contributed by atoms with Crippen LogP contribution in [0.3, 0.4) is 0 Å². The van der Waals surface area contributed by atoms with Gasteiger partial charge in [0.1, 0.15) is 0 Å². The zero-order valence-electron chi connectivity index (χ0n) is 19.4. The molecule has 2 nitrogen and oxygen atoms in total. The van der Waals surface area contributed by atoms with Crippen molar-refractivity contribution >= 4 is 22.5 Å². The fourth-order valence-electron chi connectivity index (χ4n) is 7.91. The summed E-state index contributed by atoms with van der Waals surface area (Å²) in [7, 11) is 0. The van der Waals surface area contributed by atoms with Gasteiger partial charge >= 0.3 is 0 Å². The highest BCUT2D eigenvalue weighted by Gasteiger charge is 2.52. The van der Waals surface area contributed by atoms with Crippen LogP contribution < -0.4 is 5.32 Å². The van der Waals surface area contributed by atoms with Crippen LogP contribution in [0.4, 0.5) is 0 Å². The highest BCUT2D eigenvalue weighted by Crippen LogP contribution is 2.61. The minimum Gasteiger partial charge on any atom is -0.340 e. The monoisotopic (exact) mass is 446 g/mol. The second-order valence-corrected chi connectivity index (χ2v) is 11.5. The molecular formula is C29H35ClN2. The molecule has 7 rings (SSSR count). The number of hydrogen-bond acceptors (Lipinski definition) is 1. The van der Waals surface area contributed by atoms with Crippen molar-refractivity contribution in [3.8, 4) is 0 Å². The number of nitrogens with one attached hydrogen (secondary N) is 1. The third-order valence-electron chi connectivity index (χ3n) is 9.24. The largest absolute Gasteiger partial charge is 0.340 e. The van der Waals surface area contributed by atoms with Crippen molar-refractivity contribution in [3.63, 3.8) is 0 Å². The summed E-state index contributed by atoms with van der Waals surface area (Å²) in [5.74, 6) is 3.01. The first kappa shape index (κ1) is 20.8. The lowest BCUT2D eigenvalue weighted by atomic mass is 9.48. The smallest absolute Gasteiger partial charge is 0.0493 e. The topological polar surface area (TPSA) is 17.0 Å². The van der Waals surface area contributed by atoms with Gasteiger partial charge in [-0.05, 0) is 98.8 Å². The summed E-state index contributed by atoms with van der Waals surface area (Å²) in [6.45, 7) is 6.52. The molecule has 1 aromatic heterocycles. The van der Waals surface area contributed by atoms with Gasteiger partial charge in [0.15, 0.2) is 0 Å². The summed E-state index contributed by atoms with van der Waals surface area (Å²) in [6.07, 6.45) is 8.92. The predicted octanol–water partition coefficient (Wildman–Crippen LogP) is 7.35. The number of nitrogens with zero attached hydrogens (tertiary/aromatic N) is 1. The number of aromatic nitrogens is 1. The molecular weight excluding hydrogens is 412 g/mol. The molecule has 1 heterocycles. The van der Waals surface area contributed by atoms with E-state index in [1.165, 1.54) is 66.2 Å². The quantitative estimate of drug-likeness (QED) is 0.418. The zero-order chi connectivity index (χ0) is 21.9. The van der Waals surface area contributed by atoms with Crippen LogP contribution in [0.2, 0.25) is 5.02 Å². The van der Waals surface area contributed by atoms with Crippen LogP contribution in [0.25, 0.3) is 10.9 Å². The maximum Gasteiger partial charge on any atom is 0.0493 e. The maximum atomic E-state index is 6.51. The summed E-state index contributed by atoms with van der Waals surface area (Å²) in [6, 6.07) is 17.7. The first-order valence-corrected chi connectivity index (χ1v) is 12.9. The van der Waals surface area contributed by atoms with Gasteiger partial charge in [0, 0.05) is 40.8 Å². The molecule has 4 fully saturated rings. The van der Waals surface area contributed by atoms with E-state index in [0.29, 0.717) is 11.5 Å². The third-order valence-corrected chi connectivity index (χ3v) is 9.61. The van der Waals surface area contributed by atoms with Gasteiger partial charge < -0.3 is 9.88 Å². The Morgan fingerprint density at radius 1 is 0.969 bits per heavy atom. The van der Waals surface area contributed by atoms with E-state index in [-0.39, 0.29) is 0 Å². The molecule has 0 spiro atoms. The predicted molar refractivity (Wildman–Crippen MR) is 134 cm³/mol. The molecule has 1 unspecified atom stereocenters. The van der Waals surface area contributed by atoms with Crippen molar-refractivity contribution in [1.29, 1.82) is 0 Å². The Morgan fingerprint density at radius 3 is 2.28 bits per heavy atom. The highest BCUT2D eigenvalue weighted by atomic mass is 35.5. The van der Waals surface area contributed by atoms with Gasteiger partial charge in [-0.25, -0.2) is 0 Å². The van der Waals surface area contributed by atoms with Crippen LogP contribution in [-0.4, -0.2) is 10.6 Å². The molecule has 1 atom stereocenters. The molecule has 4 aliphatic rings. The Labute approximate surface area is 197 Å². The molecule has 3 aromatic rings. The van der Waals surface area contributed by atoms with Crippen LogP contribution >= 0.6 is 11.6 Å². The number of rotatable bonds is 6. The van der Waals surface area contributed by atoms with Crippen molar-refractivity contribution in [2.45, 2.75) is 71.5 Å². The summed E-state index contributed by atoms with van der Waals surface area (Å²) in [5.41, 5.74) is 5.84. The lowest BCUT2D eigenvalue weighted by molar-refractivity contribution is -0.0706. The molecule has 4 saturated carbocycles. The van der Waals surface area contributed by atoms with E-state index in [9.17, 15) is 0 Å². The van der Waals surface area contributed by atoms with Crippen LogP contribution in [0.15, 0.2) is 48.5 Å². The average molecular weight is 447 g/mol. The van der Waals surface area contributed by atoms with Gasteiger partial charge in [-0.1, -0.05) is 48.0 Å². The number of para-hydroxylation sites is 1. The molecule has 0 saturated heterocycles. The zero-order valence-corrected chi connectivity index (χ0v) is 20.2. The van der Waals surface area contributed by atoms with Crippen molar-refractivity contribution in [3.05, 3.63) is 70.4 Å². The molecule has 0 radical (unpaired) electrons. The van der Waals surface area contributed by atoms with E-state index < -0.39 is 0 Å². The van der Waals surface area contributed by atoms with Gasteiger partial charge in [-0.2, -0.15) is 0 Å². The summed E-state index contributed by atoms with van der Waals surface area (Å²) >= 11 is 6.51. The van der Waals surface area contributed by atoms with Gasteiger partial charge in [-0.15, -0.1) is 0 Å². The Kier molecular flexibility index (Phi) is 5.15. The molecule has 1 N–H and O–H groups in total. The Hall–Kier alpha value is -1.77. The standard InChI is InChI=1S/C29H35ClN2/c1-19-26(17-31-20(2)29-14-21-11-22(15-29)13-23(12-21)16-29)25-8-4-6-10-28(25)32(19)18-24-7-3-5-9-27(24)30/h3-10,20-23,31H,11-18H2,1-2H3. The lowest BCUT2D eigenvalue weighted by Crippen LogP contribution is -2.54. The van der Waals surface area contributed by atoms with Gasteiger partial charge in [-0.3, -0.25) is 0 Å². The summed E-state index contributed by atoms with van der Waals surface area (Å²) in [4.78, 5) is 0. The molecule has 4 aliphatic carbocycles. The molecule has 0 amide bonds. The minimum atomic E-state index is 0.540. The SMILES string of the molecule is Cc1c(CNC(C)C23CC4CC(CC(C4)C2)C3)c2ccccc2n1Cc1ccccc1Cl. The molecule has 4 bridgehead atoms. The molecule has 3 heteroatoms. The van der Waals surface area contributed by atoms with Crippen molar-refractivity contribution < 1.29 is 0 Å². The molecule has 168 valence electrons. The van der Waals surface area contributed by atoms with Crippen LogP contribution in [0.1, 0.15) is 62.3 Å². The number of halogens is 1. The number of hydrogen-bond donors (Lipinski definition) is 1. The number of fused-ring (bicyclic) bond motifs is 1. The normalized spacial score (nSPS) is 29.7. The van der Waals surface area contributed by atoms with Crippen LogP contribution in [0.5, 0.6) is 0 Å². The fraction of sp³-hybridized carbons (Fsp3) is 0.517. The van der Waals surface area contributed by atoms with Gasteiger partial charge in [0.2, 0.25) is 0 Å². The first-order chi connectivity index (χ1) is 15.5. The molecule has 0 aliphatic heterocycles. The van der Waals surface area contributed by atoms with E-state index in [2.05, 4.69) is 60.1 Å². The molecule has 32 heavy (non-hydrogen) atoms. The van der Waals surface area contributed by atoms with E-state index in [4.69, 9.17) is 11.6 Å². The first-order valence-electron chi connectivity index (χ1n) is 12.6. The summed E-state index contributed by atoms with van der Waals surface area (Å²) in [5, 5.41) is 6.26.